The van der Waals surface area contributed by atoms with Gasteiger partial charge < -0.3 is 4.74 Å². The fourth-order valence-corrected chi connectivity index (χ4v) is 0.485. The number of rotatable bonds is 3. The summed E-state index contributed by atoms with van der Waals surface area (Å²) >= 11 is 0. The van der Waals surface area contributed by atoms with E-state index in [-0.39, 0.29) is 6.61 Å². The topological polar surface area (TPSA) is 63.3 Å². The van der Waals surface area contributed by atoms with E-state index >= 15 is 0 Å². The van der Waals surface area contributed by atoms with Crippen molar-refractivity contribution in [2.24, 2.45) is 11.3 Å². The molecule has 0 N–H and O–H groups in total. The highest BCUT2D eigenvalue weighted by molar-refractivity contribution is 5.76. The number of ether oxygens (including phenoxy) is 1. The molecule has 4 heteroatoms. The quantitative estimate of drug-likeness (QED) is 0.623. The van der Waals surface area contributed by atoms with E-state index in [4.69, 9.17) is 4.74 Å². The van der Waals surface area contributed by atoms with Crippen molar-refractivity contribution in [3.8, 4) is 0 Å². The van der Waals surface area contributed by atoms with Crippen LogP contribution in [0.1, 0.15) is 27.7 Å². The summed E-state index contributed by atoms with van der Waals surface area (Å²) in [4.78, 5) is 21.4. The first-order chi connectivity index (χ1) is 5.75. The third kappa shape index (κ3) is 4.50. The Morgan fingerprint density at radius 1 is 1.31 bits per heavy atom. The lowest BCUT2D eigenvalue weighted by Crippen LogP contribution is -2.26. The number of hydrogen-bond acceptors (Lipinski definition) is 3. The first-order valence-electron chi connectivity index (χ1n) is 4.13. The van der Waals surface area contributed by atoms with Gasteiger partial charge >= 0.3 is 11.9 Å². The predicted octanol–water partition coefficient (Wildman–Crippen LogP) is 1.17. The first kappa shape index (κ1) is 11.9. The van der Waals surface area contributed by atoms with Gasteiger partial charge in [0.2, 0.25) is 0 Å². The average molecular weight is 187 g/mol. The molecular formula is C9H15O4. The summed E-state index contributed by atoms with van der Waals surface area (Å²) in [5, 5.41) is 10.3. The molecule has 0 amide bonds. The molecule has 0 heterocycles. The van der Waals surface area contributed by atoms with E-state index in [1.165, 1.54) is 6.92 Å². The summed E-state index contributed by atoms with van der Waals surface area (Å²) in [5.41, 5.74) is -0.592. The number of esters is 1. The van der Waals surface area contributed by atoms with Crippen LogP contribution in [0.25, 0.3) is 0 Å². The molecule has 0 aromatic rings. The lowest BCUT2D eigenvalue weighted by molar-refractivity contribution is -0.159. The van der Waals surface area contributed by atoms with Gasteiger partial charge in [-0.15, -0.1) is 0 Å². The van der Waals surface area contributed by atoms with Crippen molar-refractivity contribution in [3.63, 3.8) is 0 Å². The fourth-order valence-electron chi connectivity index (χ4n) is 0.485. The van der Waals surface area contributed by atoms with Gasteiger partial charge in [0, 0.05) is 0 Å². The van der Waals surface area contributed by atoms with Gasteiger partial charge in [0.1, 0.15) is 6.61 Å². The lowest BCUT2D eigenvalue weighted by atomic mass is 9.97. The molecule has 1 unspecified atom stereocenters. The van der Waals surface area contributed by atoms with Crippen LogP contribution in [0.4, 0.5) is 0 Å². The van der Waals surface area contributed by atoms with Crippen LogP contribution in [0.5, 0.6) is 0 Å². The molecule has 13 heavy (non-hydrogen) atoms. The van der Waals surface area contributed by atoms with Gasteiger partial charge in [-0.25, -0.2) is 9.90 Å². The zero-order valence-electron chi connectivity index (χ0n) is 8.42. The van der Waals surface area contributed by atoms with Crippen molar-refractivity contribution in [1.29, 1.82) is 0 Å². The molecule has 1 atom stereocenters. The summed E-state index contributed by atoms with van der Waals surface area (Å²) in [6.45, 7) is 6.43. The molecule has 0 saturated heterocycles. The normalized spacial score (nSPS) is 13.5. The van der Waals surface area contributed by atoms with Crippen molar-refractivity contribution in [1.82, 2.24) is 0 Å². The Bertz CT molecular complexity index is 202. The maximum atomic E-state index is 11.2. The predicted molar refractivity (Wildman–Crippen MR) is 45.3 cm³/mol. The minimum atomic E-state index is -1.21. The lowest BCUT2D eigenvalue weighted by Gasteiger charge is -2.17. The van der Waals surface area contributed by atoms with E-state index in [0.717, 1.165) is 0 Å². The van der Waals surface area contributed by atoms with Crippen LogP contribution in [-0.2, 0) is 19.4 Å². The summed E-state index contributed by atoms with van der Waals surface area (Å²) < 4.78 is 4.77. The monoisotopic (exact) mass is 187 g/mol. The summed E-state index contributed by atoms with van der Waals surface area (Å²) in [7, 11) is 0. The molecule has 1 radical (unpaired) electrons. The minimum Gasteiger partial charge on any atom is -0.464 e. The standard InChI is InChI=1S/C9H15O4/c1-6(7(10)11)5-13-8(12)9(2,3)4/h6H,5H2,1-4H3. The van der Waals surface area contributed by atoms with Crippen molar-refractivity contribution in [2.75, 3.05) is 6.61 Å². The Morgan fingerprint density at radius 2 is 1.77 bits per heavy atom. The summed E-state index contributed by atoms with van der Waals surface area (Å²) in [5.74, 6) is -2.37. The molecule has 0 saturated carbocycles. The molecule has 0 aromatic heterocycles. The maximum Gasteiger partial charge on any atom is 0.361 e. The van der Waals surface area contributed by atoms with Gasteiger partial charge in [-0.3, -0.25) is 4.79 Å². The molecule has 0 bridgehead atoms. The Kier molecular flexibility index (Phi) is 3.91. The van der Waals surface area contributed by atoms with Gasteiger partial charge in [0.15, 0.2) is 0 Å². The van der Waals surface area contributed by atoms with Crippen molar-refractivity contribution < 1.29 is 19.4 Å². The molecule has 0 aromatic carbocycles. The van der Waals surface area contributed by atoms with Gasteiger partial charge in [-0.05, 0) is 27.7 Å². The average Bonchev–Trinajstić information content (AvgIpc) is 1.97. The maximum absolute atomic E-state index is 11.2. The Hall–Kier alpha value is -1.06. The highest BCUT2D eigenvalue weighted by Gasteiger charge is 2.24. The van der Waals surface area contributed by atoms with E-state index in [0.29, 0.717) is 0 Å². The second kappa shape index (κ2) is 4.25. The van der Waals surface area contributed by atoms with Crippen LogP contribution in [0, 0.1) is 11.3 Å². The van der Waals surface area contributed by atoms with Crippen LogP contribution >= 0.6 is 0 Å². The Labute approximate surface area is 77.9 Å². The zero-order chi connectivity index (χ0) is 10.6. The number of carbonyl (C=O) groups excluding carboxylic acids is 2. The zero-order valence-corrected chi connectivity index (χ0v) is 8.42. The highest BCUT2D eigenvalue weighted by Crippen LogP contribution is 2.15. The second-order valence-electron chi connectivity index (χ2n) is 4.07. The second-order valence-corrected chi connectivity index (χ2v) is 4.07. The number of hydrogen-bond donors (Lipinski definition) is 0. The SMILES string of the molecule is CC(COC(=O)C(C)(C)C)C([O])=O. The largest absolute Gasteiger partial charge is 0.464 e. The van der Waals surface area contributed by atoms with Gasteiger partial charge in [-0.1, -0.05) is 0 Å². The third-order valence-corrected chi connectivity index (χ3v) is 1.48. The third-order valence-electron chi connectivity index (χ3n) is 1.48. The molecule has 0 spiro atoms. The van der Waals surface area contributed by atoms with Crippen molar-refractivity contribution in [3.05, 3.63) is 0 Å². The molecule has 0 rings (SSSR count). The van der Waals surface area contributed by atoms with Gasteiger partial charge in [0.25, 0.3) is 0 Å². The number of carbonyl (C=O) groups is 2. The molecular weight excluding hydrogens is 172 g/mol. The van der Waals surface area contributed by atoms with Crippen LogP contribution in [0.2, 0.25) is 0 Å². The van der Waals surface area contributed by atoms with Crippen molar-refractivity contribution in [2.45, 2.75) is 27.7 Å². The van der Waals surface area contributed by atoms with E-state index in [9.17, 15) is 14.7 Å². The van der Waals surface area contributed by atoms with Crippen LogP contribution in [0.3, 0.4) is 0 Å². The van der Waals surface area contributed by atoms with E-state index in [1.807, 2.05) is 0 Å². The molecule has 75 valence electrons. The Balaban J connectivity index is 3.91. The molecule has 0 aliphatic heterocycles. The smallest absolute Gasteiger partial charge is 0.361 e. The van der Waals surface area contributed by atoms with E-state index < -0.39 is 23.3 Å². The Morgan fingerprint density at radius 3 is 2.08 bits per heavy atom. The van der Waals surface area contributed by atoms with Crippen molar-refractivity contribution >= 4 is 11.9 Å². The summed E-state index contributed by atoms with van der Waals surface area (Å²) in [6, 6.07) is 0. The van der Waals surface area contributed by atoms with Crippen LogP contribution in [0.15, 0.2) is 0 Å². The molecule has 4 nitrogen and oxygen atoms in total. The highest BCUT2D eigenvalue weighted by atomic mass is 16.5. The van der Waals surface area contributed by atoms with Gasteiger partial charge in [-0.2, -0.15) is 0 Å². The van der Waals surface area contributed by atoms with E-state index in [2.05, 4.69) is 0 Å². The van der Waals surface area contributed by atoms with Crippen LogP contribution < -0.4 is 0 Å². The molecule has 0 fully saturated rings. The first-order valence-corrected chi connectivity index (χ1v) is 4.13. The fraction of sp³-hybridized carbons (Fsp3) is 0.778. The summed E-state index contributed by atoms with van der Waals surface area (Å²) in [6.07, 6.45) is 0. The minimum absolute atomic E-state index is 0.127. The van der Waals surface area contributed by atoms with Crippen LogP contribution in [-0.4, -0.2) is 18.5 Å². The van der Waals surface area contributed by atoms with E-state index in [1.54, 1.807) is 20.8 Å². The van der Waals surface area contributed by atoms with Gasteiger partial charge in [0.05, 0.1) is 11.3 Å². The molecule has 0 aliphatic carbocycles. The molecule has 0 aliphatic rings.